The Hall–Kier alpha value is -4.89. The number of hydrogen-bond donors (Lipinski definition) is 0. The van der Waals surface area contributed by atoms with Crippen molar-refractivity contribution in [1.82, 2.24) is 9.80 Å². The Morgan fingerprint density at radius 3 is 1.65 bits per heavy atom. The van der Waals surface area contributed by atoms with Crippen LogP contribution < -0.4 is 28.4 Å². The zero-order valence-corrected chi connectivity index (χ0v) is 33.0. The fourth-order valence-corrected chi connectivity index (χ4v) is 6.56. The van der Waals surface area contributed by atoms with Gasteiger partial charge in [-0.05, 0) is 89.9 Å². The molecular formula is C43H58N2O7. The number of nitrogens with zero attached hydrogens (tertiary/aromatic N) is 2. The molecule has 0 aromatic heterocycles. The standard InChI is InChI=1S/C43H58N2O7/c1-13-16-31(21-30(6)34-23-36(47-7)41(51-11)37(24-34)48-8)28-45-20-19-44(40(29(4)5)43(45)46)27-32(17-14-2)22-33(18-15-3)35-25-38(49-9)42(52-12)39(26-35)50-10/h13-14,16-18,21-26,29,40H,6,15,19-20,27-28H2,1-5,7-12H3/b16-13-,17-14-,31-21+,32-22+,33-18-. The normalized spacial score (nSPS) is 16.2. The van der Waals surface area contributed by atoms with E-state index in [-0.39, 0.29) is 17.9 Å². The van der Waals surface area contributed by atoms with Crippen LogP contribution in [0.1, 0.15) is 52.2 Å². The van der Waals surface area contributed by atoms with Gasteiger partial charge in [0, 0.05) is 26.2 Å². The van der Waals surface area contributed by atoms with Gasteiger partial charge in [0.25, 0.3) is 0 Å². The van der Waals surface area contributed by atoms with E-state index in [4.69, 9.17) is 28.4 Å². The van der Waals surface area contributed by atoms with Crippen LogP contribution in [0.15, 0.2) is 84.5 Å². The Balaban J connectivity index is 1.92. The highest BCUT2D eigenvalue weighted by Gasteiger charge is 2.37. The second kappa shape index (κ2) is 20.2. The molecule has 1 aliphatic rings. The summed E-state index contributed by atoms with van der Waals surface area (Å²) in [5, 5.41) is 0. The molecule has 0 saturated carbocycles. The van der Waals surface area contributed by atoms with Crippen molar-refractivity contribution in [1.29, 1.82) is 0 Å². The Morgan fingerprint density at radius 1 is 0.750 bits per heavy atom. The topological polar surface area (TPSA) is 78.9 Å². The van der Waals surface area contributed by atoms with Crippen molar-refractivity contribution in [3.63, 3.8) is 0 Å². The quantitative estimate of drug-likeness (QED) is 0.143. The molecule has 3 rings (SSSR count). The number of rotatable bonds is 18. The van der Waals surface area contributed by atoms with Gasteiger partial charge in [-0.1, -0.05) is 63.8 Å². The number of methoxy groups -OCH3 is 6. The summed E-state index contributed by atoms with van der Waals surface area (Å²) in [6.45, 7) is 17.1. The monoisotopic (exact) mass is 714 g/mol. The lowest BCUT2D eigenvalue weighted by molar-refractivity contribution is -0.142. The molecule has 1 unspecified atom stereocenters. The number of carbonyl (C=O) groups is 1. The van der Waals surface area contributed by atoms with Crippen molar-refractivity contribution in [3.05, 3.63) is 95.6 Å². The van der Waals surface area contributed by atoms with Crippen LogP contribution in [0.3, 0.4) is 0 Å². The van der Waals surface area contributed by atoms with E-state index >= 15 is 0 Å². The summed E-state index contributed by atoms with van der Waals surface area (Å²) in [5.74, 6) is 3.59. The van der Waals surface area contributed by atoms with Crippen molar-refractivity contribution in [3.8, 4) is 34.5 Å². The van der Waals surface area contributed by atoms with Gasteiger partial charge in [-0.2, -0.15) is 0 Å². The summed E-state index contributed by atoms with van der Waals surface area (Å²) in [4.78, 5) is 18.5. The second-order valence-corrected chi connectivity index (χ2v) is 12.8. The van der Waals surface area contributed by atoms with Crippen LogP contribution in [-0.2, 0) is 4.79 Å². The Morgan fingerprint density at radius 2 is 1.23 bits per heavy atom. The lowest BCUT2D eigenvalue weighted by atomic mass is 9.95. The van der Waals surface area contributed by atoms with E-state index in [0.717, 1.165) is 46.4 Å². The third-order valence-electron chi connectivity index (χ3n) is 8.93. The van der Waals surface area contributed by atoms with Gasteiger partial charge in [-0.25, -0.2) is 0 Å². The first-order valence-electron chi connectivity index (χ1n) is 17.7. The van der Waals surface area contributed by atoms with E-state index in [9.17, 15) is 4.79 Å². The predicted molar refractivity (Wildman–Crippen MR) is 212 cm³/mol. The summed E-state index contributed by atoms with van der Waals surface area (Å²) in [6.07, 6.45) is 15.4. The van der Waals surface area contributed by atoms with Crippen molar-refractivity contribution in [2.75, 3.05) is 68.8 Å². The maximum absolute atomic E-state index is 14.3. The van der Waals surface area contributed by atoms with E-state index < -0.39 is 0 Å². The highest BCUT2D eigenvalue weighted by molar-refractivity contribution is 5.84. The predicted octanol–water partition coefficient (Wildman–Crippen LogP) is 8.42. The largest absolute Gasteiger partial charge is 0.493 e. The molecule has 52 heavy (non-hydrogen) atoms. The molecule has 1 saturated heterocycles. The third-order valence-corrected chi connectivity index (χ3v) is 8.93. The minimum Gasteiger partial charge on any atom is -0.493 e. The first-order chi connectivity index (χ1) is 25.0. The minimum atomic E-state index is -0.285. The van der Waals surface area contributed by atoms with E-state index in [1.165, 1.54) is 0 Å². The SMILES string of the molecule is C=C(/C=C(\C=C/C)CN1CCN(CC(/C=C\C)=C/C(=C/CC)c2cc(OC)c(OC)c(OC)c2)C(C(C)C)C1=O)c1cc(OC)c(OC)c(OC)c1. The van der Waals surface area contributed by atoms with Crippen molar-refractivity contribution >= 4 is 17.1 Å². The molecule has 2 aromatic rings. The molecule has 282 valence electrons. The van der Waals surface area contributed by atoms with Gasteiger partial charge in [0.2, 0.25) is 17.4 Å². The van der Waals surface area contributed by atoms with Crippen LogP contribution in [0.5, 0.6) is 34.5 Å². The summed E-state index contributed by atoms with van der Waals surface area (Å²) in [5.41, 5.74) is 5.66. The first-order valence-corrected chi connectivity index (χ1v) is 17.7. The molecule has 2 aromatic carbocycles. The molecule has 1 aliphatic heterocycles. The number of hydrogen-bond acceptors (Lipinski definition) is 8. The molecule has 9 nitrogen and oxygen atoms in total. The number of benzene rings is 2. The summed E-state index contributed by atoms with van der Waals surface area (Å²) < 4.78 is 33.5. The van der Waals surface area contributed by atoms with Crippen LogP contribution >= 0.6 is 0 Å². The van der Waals surface area contributed by atoms with Gasteiger partial charge >= 0.3 is 0 Å². The molecule has 1 atom stereocenters. The fourth-order valence-electron chi connectivity index (χ4n) is 6.56. The summed E-state index contributed by atoms with van der Waals surface area (Å²) in [6, 6.07) is 7.42. The van der Waals surface area contributed by atoms with E-state index in [2.05, 4.69) is 50.5 Å². The average Bonchev–Trinajstić information content (AvgIpc) is 3.14. The molecule has 1 amide bonds. The van der Waals surface area contributed by atoms with Gasteiger partial charge in [0.05, 0.1) is 48.7 Å². The third kappa shape index (κ3) is 10.1. The highest BCUT2D eigenvalue weighted by atomic mass is 16.5. The maximum atomic E-state index is 14.3. The van der Waals surface area contributed by atoms with Crippen LogP contribution in [0.2, 0.25) is 0 Å². The van der Waals surface area contributed by atoms with Crippen LogP contribution in [-0.4, -0.2) is 90.6 Å². The minimum absolute atomic E-state index is 0.103. The molecule has 1 heterocycles. The Labute approximate surface area is 311 Å². The van der Waals surface area contributed by atoms with E-state index in [0.29, 0.717) is 54.1 Å². The first kappa shape index (κ1) is 41.5. The number of piperazine rings is 1. The van der Waals surface area contributed by atoms with E-state index in [1.807, 2.05) is 67.3 Å². The van der Waals surface area contributed by atoms with E-state index in [1.54, 1.807) is 42.7 Å². The molecule has 0 N–H and O–H groups in total. The molecule has 0 bridgehead atoms. The molecule has 0 spiro atoms. The molecule has 1 fully saturated rings. The maximum Gasteiger partial charge on any atom is 0.240 e. The number of carbonyl (C=O) groups excluding carboxylic acids is 1. The fraction of sp³-hybridized carbons (Fsp3) is 0.419. The lowest BCUT2D eigenvalue weighted by Gasteiger charge is -2.43. The average molecular weight is 715 g/mol. The zero-order valence-electron chi connectivity index (χ0n) is 33.0. The highest BCUT2D eigenvalue weighted by Crippen LogP contribution is 2.41. The molecule has 9 heteroatoms. The van der Waals surface area contributed by atoms with Gasteiger partial charge in [-0.15, -0.1) is 0 Å². The van der Waals surface area contributed by atoms with Crippen molar-refractivity contribution in [2.24, 2.45) is 5.92 Å². The van der Waals surface area contributed by atoms with Gasteiger partial charge < -0.3 is 33.3 Å². The summed E-state index contributed by atoms with van der Waals surface area (Å²) >= 11 is 0. The van der Waals surface area contributed by atoms with Gasteiger partial charge in [-0.3, -0.25) is 9.69 Å². The summed E-state index contributed by atoms with van der Waals surface area (Å²) in [7, 11) is 9.61. The van der Waals surface area contributed by atoms with Crippen LogP contribution in [0.25, 0.3) is 11.1 Å². The molecular weight excluding hydrogens is 656 g/mol. The van der Waals surface area contributed by atoms with Crippen molar-refractivity contribution in [2.45, 2.75) is 47.1 Å². The number of allylic oxidation sites excluding steroid dienone is 7. The zero-order chi connectivity index (χ0) is 38.4. The number of amides is 1. The van der Waals surface area contributed by atoms with Crippen molar-refractivity contribution < 1.29 is 33.2 Å². The van der Waals surface area contributed by atoms with Gasteiger partial charge in [0.1, 0.15) is 0 Å². The Kier molecular flexibility index (Phi) is 16.2. The van der Waals surface area contributed by atoms with Gasteiger partial charge in [0.15, 0.2) is 23.0 Å². The second-order valence-electron chi connectivity index (χ2n) is 12.8. The number of ether oxygens (including phenoxy) is 6. The van der Waals surface area contributed by atoms with Crippen LogP contribution in [0.4, 0.5) is 0 Å². The Bertz CT molecular complexity index is 1650. The molecule has 0 radical (unpaired) electrons. The lowest BCUT2D eigenvalue weighted by Crippen LogP contribution is -2.59. The smallest absolute Gasteiger partial charge is 0.240 e. The van der Waals surface area contributed by atoms with Crippen LogP contribution in [0, 0.1) is 5.92 Å². The molecule has 0 aliphatic carbocycles.